The van der Waals surface area contributed by atoms with E-state index in [4.69, 9.17) is 9.47 Å². The van der Waals surface area contributed by atoms with Crippen molar-refractivity contribution in [1.82, 2.24) is 0 Å². The molecule has 0 radical (unpaired) electrons. The van der Waals surface area contributed by atoms with E-state index in [9.17, 15) is 4.79 Å². The van der Waals surface area contributed by atoms with E-state index in [0.717, 1.165) is 0 Å². The molecule has 0 aliphatic rings. The van der Waals surface area contributed by atoms with Gasteiger partial charge in [-0.1, -0.05) is 18.2 Å². The van der Waals surface area contributed by atoms with Gasteiger partial charge in [-0.25, -0.2) is 4.79 Å². The van der Waals surface area contributed by atoms with Gasteiger partial charge in [-0.2, -0.15) is 0 Å². The first kappa shape index (κ1) is 11.7. The Labute approximate surface area is 90.0 Å². The molecule has 0 unspecified atom stereocenters. The van der Waals surface area contributed by atoms with Crippen molar-refractivity contribution < 1.29 is 14.3 Å². The average molecular weight is 208 g/mol. The summed E-state index contributed by atoms with van der Waals surface area (Å²) in [5.41, 5.74) is 0.242. The molecule has 0 spiro atoms. The summed E-state index contributed by atoms with van der Waals surface area (Å²) < 4.78 is 10.2. The topological polar surface area (TPSA) is 35.5 Å². The first-order chi connectivity index (χ1) is 6.99. The van der Waals surface area contributed by atoms with E-state index in [0.29, 0.717) is 5.56 Å². The van der Waals surface area contributed by atoms with E-state index >= 15 is 0 Å². The molecule has 1 aromatic carbocycles. The number of esters is 1. The minimum Gasteiger partial charge on any atom is -0.435 e. The van der Waals surface area contributed by atoms with Gasteiger partial charge in [-0.05, 0) is 32.9 Å². The van der Waals surface area contributed by atoms with Crippen LogP contribution >= 0.6 is 0 Å². The van der Waals surface area contributed by atoms with Crippen molar-refractivity contribution >= 4 is 5.97 Å². The SMILES string of the molecule is CC(C)(C)OCOC(=O)c1ccccc1. The highest BCUT2D eigenvalue weighted by molar-refractivity contribution is 5.89. The fraction of sp³-hybridized carbons (Fsp3) is 0.417. The summed E-state index contributed by atoms with van der Waals surface area (Å²) in [7, 11) is 0. The number of rotatable bonds is 3. The summed E-state index contributed by atoms with van der Waals surface area (Å²) in [6.45, 7) is 5.70. The minimum absolute atomic E-state index is 0.0166. The van der Waals surface area contributed by atoms with Crippen molar-refractivity contribution in [1.29, 1.82) is 0 Å². The third-order valence-electron chi connectivity index (χ3n) is 1.69. The normalized spacial score (nSPS) is 11.1. The van der Waals surface area contributed by atoms with Gasteiger partial charge in [0.25, 0.3) is 0 Å². The van der Waals surface area contributed by atoms with E-state index in [1.165, 1.54) is 0 Å². The fourth-order valence-electron chi connectivity index (χ4n) is 0.917. The zero-order valence-electron chi connectivity index (χ0n) is 9.32. The van der Waals surface area contributed by atoms with Gasteiger partial charge in [0, 0.05) is 0 Å². The van der Waals surface area contributed by atoms with Crippen LogP contribution < -0.4 is 0 Å². The lowest BCUT2D eigenvalue weighted by molar-refractivity contribution is -0.0965. The number of carbonyl (C=O) groups is 1. The molecule has 0 aliphatic carbocycles. The molecule has 0 bridgehead atoms. The van der Waals surface area contributed by atoms with Crippen molar-refractivity contribution in [3.05, 3.63) is 35.9 Å². The highest BCUT2D eigenvalue weighted by Gasteiger charge is 2.12. The smallest absolute Gasteiger partial charge is 0.340 e. The highest BCUT2D eigenvalue weighted by atomic mass is 16.7. The lowest BCUT2D eigenvalue weighted by Gasteiger charge is -2.18. The fourth-order valence-corrected chi connectivity index (χ4v) is 0.917. The van der Waals surface area contributed by atoms with Gasteiger partial charge >= 0.3 is 5.97 Å². The molecule has 0 N–H and O–H groups in total. The quantitative estimate of drug-likeness (QED) is 0.565. The van der Waals surface area contributed by atoms with Gasteiger partial charge in [0.2, 0.25) is 0 Å². The van der Waals surface area contributed by atoms with Crippen molar-refractivity contribution in [2.45, 2.75) is 26.4 Å². The maximum absolute atomic E-state index is 11.4. The number of hydrogen-bond donors (Lipinski definition) is 0. The molecule has 0 heterocycles. The minimum atomic E-state index is -0.361. The highest BCUT2D eigenvalue weighted by Crippen LogP contribution is 2.07. The van der Waals surface area contributed by atoms with Crippen molar-refractivity contribution in [2.75, 3.05) is 6.79 Å². The molecule has 15 heavy (non-hydrogen) atoms. The molecule has 0 atom stereocenters. The number of ether oxygens (including phenoxy) is 2. The second kappa shape index (κ2) is 4.94. The number of carbonyl (C=O) groups excluding carboxylic acids is 1. The Morgan fingerprint density at radius 2 is 1.80 bits per heavy atom. The van der Waals surface area contributed by atoms with Crippen LogP contribution in [0.5, 0.6) is 0 Å². The summed E-state index contributed by atoms with van der Waals surface area (Å²) in [5.74, 6) is -0.361. The molecular formula is C12H16O3. The van der Waals surface area contributed by atoms with Crippen LogP contribution in [0.25, 0.3) is 0 Å². The second-order valence-corrected chi connectivity index (χ2v) is 4.17. The van der Waals surface area contributed by atoms with Crippen LogP contribution in [0.4, 0.5) is 0 Å². The third kappa shape index (κ3) is 4.61. The van der Waals surface area contributed by atoms with Gasteiger partial charge < -0.3 is 9.47 Å². The van der Waals surface area contributed by atoms with E-state index in [1.54, 1.807) is 24.3 Å². The number of hydrogen-bond acceptors (Lipinski definition) is 3. The van der Waals surface area contributed by atoms with Crippen LogP contribution in [0.3, 0.4) is 0 Å². The molecule has 0 aliphatic heterocycles. The zero-order valence-corrected chi connectivity index (χ0v) is 9.32. The summed E-state index contributed by atoms with van der Waals surface area (Å²) >= 11 is 0. The van der Waals surface area contributed by atoms with E-state index < -0.39 is 0 Å². The van der Waals surface area contributed by atoms with Crippen LogP contribution in [0.15, 0.2) is 30.3 Å². The predicted octanol–water partition coefficient (Wildman–Crippen LogP) is 2.62. The standard InChI is InChI=1S/C12H16O3/c1-12(2,3)15-9-14-11(13)10-7-5-4-6-8-10/h4-8H,9H2,1-3H3. The Morgan fingerprint density at radius 1 is 1.20 bits per heavy atom. The van der Waals surface area contributed by atoms with Crippen LogP contribution in [0, 0.1) is 0 Å². The molecule has 1 aromatic rings. The molecule has 0 saturated heterocycles. The molecular weight excluding hydrogens is 192 g/mol. The van der Waals surface area contributed by atoms with E-state index in [2.05, 4.69) is 0 Å². The molecule has 3 heteroatoms. The Hall–Kier alpha value is -1.35. The molecule has 0 saturated carbocycles. The largest absolute Gasteiger partial charge is 0.435 e. The van der Waals surface area contributed by atoms with Crippen molar-refractivity contribution in [3.8, 4) is 0 Å². The van der Waals surface area contributed by atoms with Gasteiger partial charge in [-0.15, -0.1) is 0 Å². The molecule has 0 aromatic heterocycles. The van der Waals surface area contributed by atoms with Gasteiger partial charge in [0.15, 0.2) is 6.79 Å². The third-order valence-corrected chi connectivity index (χ3v) is 1.69. The summed E-state index contributed by atoms with van der Waals surface area (Å²) in [6.07, 6.45) is 0. The van der Waals surface area contributed by atoms with Crippen LogP contribution in [0.1, 0.15) is 31.1 Å². The Kier molecular flexibility index (Phi) is 3.86. The maximum atomic E-state index is 11.4. The summed E-state index contributed by atoms with van der Waals surface area (Å²) in [5, 5.41) is 0. The number of benzene rings is 1. The Balaban J connectivity index is 2.38. The maximum Gasteiger partial charge on any atom is 0.340 e. The van der Waals surface area contributed by atoms with E-state index in [-0.39, 0.29) is 18.4 Å². The lowest BCUT2D eigenvalue weighted by atomic mass is 10.2. The van der Waals surface area contributed by atoms with Gasteiger partial charge in [-0.3, -0.25) is 0 Å². The second-order valence-electron chi connectivity index (χ2n) is 4.17. The van der Waals surface area contributed by atoms with Crippen molar-refractivity contribution in [3.63, 3.8) is 0 Å². The molecule has 0 fully saturated rings. The monoisotopic (exact) mass is 208 g/mol. The lowest BCUT2D eigenvalue weighted by Crippen LogP contribution is -2.22. The Bertz CT molecular complexity index is 311. The average Bonchev–Trinajstić information content (AvgIpc) is 2.17. The van der Waals surface area contributed by atoms with Crippen LogP contribution in [-0.2, 0) is 9.47 Å². The van der Waals surface area contributed by atoms with E-state index in [1.807, 2.05) is 26.8 Å². The molecule has 82 valence electrons. The molecule has 3 nitrogen and oxygen atoms in total. The molecule has 0 amide bonds. The summed E-state index contributed by atoms with van der Waals surface area (Å²) in [6, 6.07) is 8.85. The summed E-state index contributed by atoms with van der Waals surface area (Å²) in [4.78, 5) is 11.4. The van der Waals surface area contributed by atoms with Crippen LogP contribution in [0.2, 0.25) is 0 Å². The first-order valence-corrected chi connectivity index (χ1v) is 4.85. The van der Waals surface area contributed by atoms with Crippen LogP contribution in [-0.4, -0.2) is 18.4 Å². The first-order valence-electron chi connectivity index (χ1n) is 4.85. The predicted molar refractivity (Wildman–Crippen MR) is 57.6 cm³/mol. The Morgan fingerprint density at radius 3 is 2.33 bits per heavy atom. The zero-order chi connectivity index (χ0) is 11.3. The molecule has 1 rings (SSSR count). The van der Waals surface area contributed by atoms with Crippen molar-refractivity contribution in [2.24, 2.45) is 0 Å². The van der Waals surface area contributed by atoms with Gasteiger partial charge in [0.05, 0.1) is 11.2 Å². The van der Waals surface area contributed by atoms with Gasteiger partial charge in [0.1, 0.15) is 0 Å².